The molecule has 2 unspecified atom stereocenters. The van der Waals surface area contributed by atoms with E-state index >= 15 is 0 Å². The van der Waals surface area contributed by atoms with Gasteiger partial charge in [0.1, 0.15) is 0 Å². The van der Waals surface area contributed by atoms with Crippen molar-refractivity contribution in [2.75, 3.05) is 13.2 Å². The minimum atomic E-state index is 0.332. The van der Waals surface area contributed by atoms with E-state index in [2.05, 4.69) is 17.2 Å². The Balaban J connectivity index is 2.03. The third-order valence-corrected chi connectivity index (χ3v) is 2.31. The number of nitrogens with zero attached hydrogens (tertiary/aromatic N) is 1. The van der Waals surface area contributed by atoms with Crippen molar-refractivity contribution in [1.29, 1.82) is 0 Å². The van der Waals surface area contributed by atoms with Gasteiger partial charge in [-0.1, -0.05) is 0 Å². The molecule has 3 heteroatoms. The Kier molecular flexibility index (Phi) is 2.57. The molecule has 1 aliphatic heterocycles. The maximum Gasteiger partial charge on any atom is 0.0672 e. The van der Waals surface area contributed by atoms with E-state index in [1.165, 1.54) is 5.56 Å². The van der Waals surface area contributed by atoms with Gasteiger partial charge < -0.3 is 10.1 Å². The zero-order valence-corrected chi connectivity index (χ0v) is 7.73. The standard InChI is InChI=1S/C10H14N2O/c1-8-6-12-10(7-13-8)9-2-4-11-5-3-9/h2-5,8,10,12H,6-7H2,1H3. The summed E-state index contributed by atoms with van der Waals surface area (Å²) >= 11 is 0. The largest absolute Gasteiger partial charge is 0.375 e. The highest BCUT2D eigenvalue weighted by molar-refractivity contribution is 5.15. The molecule has 1 aliphatic rings. The van der Waals surface area contributed by atoms with Gasteiger partial charge >= 0.3 is 0 Å². The summed E-state index contributed by atoms with van der Waals surface area (Å²) in [6.07, 6.45) is 3.96. The van der Waals surface area contributed by atoms with Crippen molar-refractivity contribution in [2.24, 2.45) is 0 Å². The lowest BCUT2D eigenvalue weighted by Crippen LogP contribution is -2.39. The number of pyridine rings is 1. The first-order valence-electron chi connectivity index (χ1n) is 4.61. The Morgan fingerprint density at radius 1 is 1.46 bits per heavy atom. The van der Waals surface area contributed by atoms with E-state index in [0.29, 0.717) is 12.1 Å². The van der Waals surface area contributed by atoms with Crippen LogP contribution in [0, 0.1) is 0 Å². The van der Waals surface area contributed by atoms with Crippen LogP contribution in [0.4, 0.5) is 0 Å². The van der Waals surface area contributed by atoms with Gasteiger partial charge in [0.05, 0.1) is 18.8 Å². The molecule has 2 rings (SSSR count). The molecule has 1 aromatic heterocycles. The van der Waals surface area contributed by atoms with E-state index in [9.17, 15) is 0 Å². The van der Waals surface area contributed by atoms with Gasteiger partial charge in [0.2, 0.25) is 0 Å². The number of morpholine rings is 1. The van der Waals surface area contributed by atoms with E-state index in [0.717, 1.165) is 13.2 Å². The highest BCUT2D eigenvalue weighted by atomic mass is 16.5. The molecule has 1 N–H and O–H groups in total. The second-order valence-electron chi connectivity index (χ2n) is 3.39. The van der Waals surface area contributed by atoms with Gasteiger partial charge in [-0.05, 0) is 24.6 Å². The molecule has 0 bridgehead atoms. The monoisotopic (exact) mass is 178 g/mol. The second kappa shape index (κ2) is 3.85. The molecule has 1 saturated heterocycles. The maximum absolute atomic E-state index is 5.56. The normalized spacial score (nSPS) is 28.7. The van der Waals surface area contributed by atoms with Crippen molar-refractivity contribution in [1.82, 2.24) is 10.3 Å². The summed E-state index contributed by atoms with van der Waals surface area (Å²) in [5.41, 5.74) is 1.25. The van der Waals surface area contributed by atoms with Gasteiger partial charge in [-0.3, -0.25) is 4.98 Å². The maximum atomic E-state index is 5.56. The molecule has 3 nitrogen and oxygen atoms in total. The molecular formula is C10H14N2O. The average Bonchev–Trinajstić information content (AvgIpc) is 2.20. The molecule has 2 heterocycles. The Morgan fingerprint density at radius 2 is 2.23 bits per heavy atom. The first-order valence-corrected chi connectivity index (χ1v) is 4.61. The summed E-state index contributed by atoms with van der Waals surface area (Å²) in [4.78, 5) is 3.99. The fourth-order valence-corrected chi connectivity index (χ4v) is 1.50. The summed E-state index contributed by atoms with van der Waals surface area (Å²) in [6.45, 7) is 3.76. The van der Waals surface area contributed by atoms with Crippen LogP contribution in [-0.4, -0.2) is 24.2 Å². The molecule has 0 radical (unpaired) electrons. The third kappa shape index (κ3) is 2.05. The topological polar surface area (TPSA) is 34.2 Å². The predicted molar refractivity (Wildman–Crippen MR) is 50.4 cm³/mol. The fraction of sp³-hybridized carbons (Fsp3) is 0.500. The zero-order valence-electron chi connectivity index (χ0n) is 7.73. The number of hydrogen-bond acceptors (Lipinski definition) is 3. The van der Waals surface area contributed by atoms with E-state index in [1.54, 1.807) is 0 Å². The van der Waals surface area contributed by atoms with Crippen LogP contribution in [0.25, 0.3) is 0 Å². The van der Waals surface area contributed by atoms with E-state index < -0.39 is 0 Å². The zero-order chi connectivity index (χ0) is 9.10. The summed E-state index contributed by atoms with van der Waals surface area (Å²) in [7, 11) is 0. The summed E-state index contributed by atoms with van der Waals surface area (Å²) < 4.78 is 5.56. The van der Waals surface area contributed by atoms with Gasteiger partial charge in [-0.2, -0.15) is 0 Å². The van der Waals surface area contributed by atoms with E-state index in [-0.39, 0.29) is 0 Å². The van der Waals surface area contributed by atoms with Gasteiger partial charge in [-0.15, -0.1) is 0 Å². The SMILES string of the molecule is CC1CNC(c2ccncc2)CO1. The summed E-state index contributed by atoms with van der Waals surface area (Å²) in [5.74, 6) is 0. The Bertz CT molecular complexity index is 255. The minimum Gasteiger partial charge on any atom is -0.375 e. The first-order chi connectivity index (χ1) is 6.36. The van der Waals surface area contributed by atoms with Crippen LogP contribution in [0.2, 0.25) is 0 Å². The van der Waals surface area contributed by atoms with Gasteiger partial charge in [-0.25, -0.2) is 0 Å². The molecule has 1 fully saturated rings. The van der Waals surface area contributed by atoms with Crippen LogP contribution in [0.5, 0.6) is 0 Å². The van der Waals surface area contributed by atoms with E-state index in [4.69, 9.17) is 4.74 Å². The number of ether oxygens (including phenoxy) is 1. The molecule has 70 valence electrons. The number of aromatic nitrogens is 1. The van der Waals surface area contributed by atoms with Crippen molar-refractivity contribution >= 4 is 0 Å². The third-order valence-electron chi connectivity index (χ3n) is 2.31. The average molecular weight is 178 g/mol. The molecule has 0 saturated carbocycles. The lowest BCUT2D eigenvalue weighted by molar-refractivity contribution is 0.0149. The number of nitrogens with one attached hydrogen (secondary N) is 1. The van der Waals surface area contributed by atoms with E-state index in [1.807, 2.05) is 24.5 Å². The van der Waals surface area contributed by atoms with Crippen LogP contribution < -0.4 is 5.32 Å². The molecule has 0 aliphatic carbocycles. The minimum absolute atomic E-state index is 0.332. The number of rotatable bonds is 1. The van der Waals surface area contributed by atoms with Crippen molar-refractivity contribution in [2.45, 2.75) is 19.1 Å². The molecule has 0 spiro atoms. The van der Waals surface area contributed by atoms with Crippen LogP contribution in [0.1, 0.15) is 18.5 Å². The predicted octanol–water partition coefficient (Wildman–Crippen LogP) is 1.13. The molecule has 13 heavy (non-hydrogen) atoms. The van der Waals surface area contributed by atoms with Crippen LogP contribution >= 0.6 is 0 Å². The molecule has 2 atom stereocenters. The van der Waals surface area contributed by atoms with Gasteiger partial charge in [0, 0.05) is 18.9 Å². The lowest BCUT2D eigenvalue weighted by Gasteiger charge is -2.28. The van der Waals surface area contributed by atoms with Crippen molar-refractivity contribution in [3.63, 3.8) is 0 Å². The number of hydrogen-bond donors (Lipinski definition) is 1. The molecule has 0 aromatic carbocycles. The Morgan fingerprint density at radius 3 is 2.85 bits per heavy atom. The first kappa shape index (κ1) is 8.66. The Hall–Kier alpha value is -0.930. The van der Waals surface area contributed by atoms with Crippen molar-refractivity contribution < 1.29 is 4.74 Å². The van der Waals surface area contributed by atoms with Crippen LogP contribution in [0.3, 0.4) is 0 Å². The van der Waals surface area contributed by atoms with Crippen LogP contribution in [-0.2, 0) is 4.74 Å². The molecular weight excluding hydrogens is 164 g/mol. The fourth-order valence-electron chi connectivity index (χ4n) is 1.50. The van der Waals surface area contributed by atoms with Gasteiger partial charge in [0.15, 0.2) is 0 Å². The highest BCUT2D eigenvalue weighted by Crippen LogP contribution is 2.16. The van der Waals surface area contributed by atoms with Crippen LogP contribution in [0.15, 0.2) is 24.5 Å². The molecule has 1 aromatic rings. The summed E-state index contributed by atoms with van der Waals surface area (Å²) in [5, 5.41) is 3.43. The van der Waals surface area contributed by atoms with Crippen molar-refractivity contribution in [3.8, 4) is 0 Å². The smallest absolute Gasteiger partial charge is 0.0672 e. The second-order valence-corrected chi connectivity index (χ2v) is 3.39. The summed E-state index contributed by atoms with van der Waals surface area (Å²) in [6, 6.07) is 4.38. The lowest BCUT2D eigenvalue weighted by atomic mass is 10.1. The van der Waals surface area contributed by atoms with Gasteiger partial charge in [0.25, 0.3) is 0 Å². The quantitative estimate of drug-likeness (QED) is 0.700. The highest BCUT2D eigenvalue weighted by Gasteiger charge is 2.18. The van der Waals surface area contributed by atoms with Crippen molar-refractivity contribution in [3.05, 3.63) is 30.1 Å². The molecule has 0 amide bonds. The Labute approximate surface area is 78.1 Å².